The quantitative estimate of drug-likeness (QED) is 0.752. The molecule has 2 N–H and O–H groups in total. The molecule has 0 saturated heterocycles. The van der Waals surface area contributed by atoms with Crippen LogP contribution in [0, 0.1) is 17.1 Å². The number of benzene rings is 2. The number of anilines is 1. The van der Waals surface area contributed by atoms with Crippen LogP contribution < -0.4 is 10.6 Å². The molecule has 0 aliphatic rings. The van der Waals surface area contributed by atoms with E-state index in [9.17, 15) is 9.18 Å². The molecule has 2 rings (SSSR count). The van der Waals surface area contributed by atoms with E-state index >= 15 is 0 Å². The van der Waals surface area contributed by atoms with Gasteiger partial charge in [0, 0.05) is 17.6 Å². The highest BCUT2D eigenvalue weighted by Crippen LogP contribution is 2.21. The molecule has 0 fully saturated rings. The maximum Gasteiger partial charge on any atom is 0.252 e. The lowest BCUT2D eigenvalue weighted by atomic mass is 10.2. The number of halogens is 3. The van der Waals surface area contributed by atoms with Crippen LogP contribution in [0.4, 0.5) is 10.1 Å². The second kappa shape index (κ2) is 7.95. The standard InChI is InChI=1S/C16H12BrClFN3O/c17-10-4-5-11(13(18)8-10)16(23)22-7-6-21-15-3-1-2-14(19)12(15)9-20/h1-5,8,21H,6-7H2,(H,22,23). The summed E-state index contributed by atoms with van der Waals surface area (Å²) in [4.78, 5) is 12.0. The summed E-state index contributed by atoms with van der Waals surface area (Å²) in [6, 6.07) is 11.1. The van der Waals surface area contributed by atoms with E-state index in [4.69, 9.17) is 16.9 Å². The van der Waals surface area contributed by atoms with Gasteiger partial charge in [-0.1, -0.05) is 33.6 Å². The van der Waals surface area contributed by atoms with E-state index in [-0.39, 0.29) is 11.5 Å². The Bertz CT molecular complexity index is 776. The zero-order valence-electron chi connectivity index (χ0n) is 11.9. The van der Waals surface area contributed by atoms with Gasteiger partial charge in [0.05, 0.1) is 16.3 Å². The number of hydrogen-bond donors (Lipinski definition) is 2. The average molecular weight is 397 g/mol. The molecular weight excluding hydrogens is 385 g/mol. The molecule has 0 bridgehead atoms. The third-order valence-electron chi connectivity index (χ3n) is 3.03. The number of amides is 1. The van der Waals surface area contributed by atoms with E-state index in [0.29, 0.717) is 29.4 Å². The van der Waals surface area contributed by atoms with Crippen LogP contribution in [0.1, 0.15) is 15.9 Å². The van der Waals surface area contributed by atoms with Gasteiger partial charge >= 0.3 is 0 Å². The normalized spacial score (nSPS) is 10.0. The molecule has 0 radical (unpaired) electrons. The molecule has 0 unspecified atom stereocenters. The van der Waals surface area contributed by atoms with Gasteiger partial charge in [-0.15, -0.1) is 0 Å². The maximum absolute atomic E-state index is 13.4. The predicted molar refractivity (Wildman–Crippen MR) is 91.1 cm³/mol. The van der Waals surface area contributed by atoms with Crippen molar-refractivity contribution < 1.29 is 9.18 Å². The summed E-state index contributed by atoms with van der Waals surface area (Å²) in [5.41, 5.74) is 0.719. The summed E-state index contributed by atoms with van der Waals surface area (Å²) in [5, 5.41) is 14.9. The minimum Gasteiger partial charge on any atom is -0.382 e. The average Bonchev–Trinajstić information content (AvgIpc) is 2.51. The largest absolute Gasteiger partial charge is 0.382 e. The van der Waals surface area contributed by atoms with Crippen LogP contribution in [0.5, 0.6) is 0 Å². The van der Waals surface area contributed by atoms with Crippen LogP contribution in [-0.2, 0) is 0 Å². The molecule has 118 valence electrons. The Hall–Kier alpha value is -2.10. The molecule has 0 atom stereocenters. The summed E-state index contributed by atoms with van der Waals surface area (Å²) in [6.07, 6.45) is 0. The summed E-state index contributed by atoms with van der Waals surface area (Å²) in [7, 11) is 0. The van der Waals surface area contributed by atoms with Gasteiger partial charge in [-0.25, -0.2) is 4.39 Å². The Morgan fingerprint density at radius 1 is 1.30 bits per heavy atom. The van der Waals surface area contributed by atoms with Gasteiger partial charge in [0.25, 0.3) is 5.91 Å². The molecule has 0 saturated carbocycles. The summed E-state index contributed by atoms with van der Waals surface area (Å²) >= 11 is 9.28. The minimum absolute atomic E-state index is 0.0465. The van der Waals surface area contributed by atoms with E-state index in [1.165, 1.54) is 12.1 Å². The SMILES string of the molecule is N#Cc1c(F)cccc1NCCNC(=O)c1ccc(Br)cc1Cl. The molecule has 2 aromatic carbocycles. The number of nitrogens with zero attached hydrogens (tertiary/aromatic N) is 1. The zero-order valence-corrected chi connectivity index (χ0v) is 14.2. The number of nitriles is 1. The van der Waals surface area contributed by atoms with E-state index in [2.05, 4.69) is 26.6 Å². The van der Waals surface area contributed by atoms with Gasteiger partial charge in [0.15, 0.2) is 0 Å². The number of hydrogen-bond acceptors (Lipinski definition) is 3. The van der Waals surface area contributed by atoms with Crippen molar-refractivity contribution in [3.8, 4) is 6.07 Å². The molecule has 0 aliphatic heterocycles. The third kappa shape index (κ3) is 4.44. The molecule has 7 heteroatoms. The fraction of sp³-hybridized carbons (Fsp3) is 0.125. The second-order valence-electron chi connectivity index (χ2n) is 4.58. The highest BCUT2D eigenvalue weighted by molar-refractivity contribution is 9.10. The Kier molecular flexibility index (Phi) is 5.97. The first-order valence-corrected chi connectivity index (χ1v) is 7.85. The van der Waals surface area contributed by atoms with Gasteiger partial charge in [0.2, 0.25) is 0 Å². The number of carbonyl (C=O) groups excluding carboxylic acids is 1. The van der Waals surface area contributed by atoms with Crippen molar-refractivity contribution in [2.45, 2.75) is 0 Å². The van der Waals surface area contributed by atoms with Crippen molar-refractivity contribution in [2.24, 2.45) is 0 Å². The van der Waals surface area contributed by atoms with E-state index in [1.54, 1.807) is 30.3 Å². The smallest absolute Gasteiger partial charge is 0.252 e. The first kappa shape index (κ1) is 17.3. The summed E-state index contributed by atoms with van der Waals surface area (Å²) in [5.74, 6) is -0.882. The third-order valence-corrected chi connectivity index (χ3v) is 3.83. The van der Waals surface area contributed by atoms with Crippen LogP contribution >= 0.6 is 27.5 Å². The Labute approximate surface area is 146 Å². The summed E-state index contributed by atoms with van der Waals surface area (Å²) < 4.78 is 14.2. The number of rotatable bonds is 5. The van der Waals surface area contributed by atoms with Crippen LogP contribution in [0.3, 0.4) is 0 Å². The first-order valence-electron chi connectivity index (χ1n) is 6.68. The molecule has 0 spiro atoms. The predicted octanol–water partition coefficient (Wildman–Crippen LogP) is 3.96. The van der Waals surface area contributed by atoms with Crippen LogP contribution in [0.25, 0.3) is 0 Å². The van der Waals surface area contributed by atoms with Gasteiger partial charge in [0.1, 0.15) is 17.4 Å². The van der Waals surface area contributed by atoms with Crippen LogP contribution in [0.2, 0.25) is 5.02 Å². The van der Waals surface area contributed by atoms with E-state index < -0.39 is 5.82 Å². The van der Waals surface area contributed by atoms with Gasteiger partial charge in [-0.3, -0.25) is 4.79 Å². The lowest BCUT2D eigenvalue weighted by Gasteiger charge is -2.10. The van der Waals surface area contributed by atoms with E-state index in [0.717, 1.165) is 4.47 Å². The van der Waals surface area contributed by atoms with Crippen molar-refractivity contribution in [2.75, 3.05) is 18.4 Å². The zero-order chi connectivity index (χ0) is 16.8. The number of nitrogens with one attached hydrogen (secondary N) is 2. The van der Waals surface area contributed by atoms with E-state index in [1.807, 2.05) is 0 Å². The lowest BCUT2D eigenvalue weighted by molar-refractivity contribution is 0.0955. The maximum atomic E-state index is 13.4. The molecular formula is C16H12BrClFN3O. The monoisotopic (exact) mass is 395 g/mol. The topological polar surface area (TPSA) is 64.9 Å². The summed E-state index contributed by atoms with van der Waals surface area (Å²) in [6.45, 7) is 0.643. The fourth-order valence-electron chi connectivity index (χ4n) is 1.93. The van der Waals surface area contributed by atoms with Gasteiger partial charge in [-0.2, -0.15) is 5.26 Å². The molecule has 0 aliphatic carbocycles. The lowest BCUT2D eigenvalue weighted by Crippen LogP contribution is -2.29. The van der Waals surface area contributed by atoms with Crippen molar-refractivity contribution in [1.29, 1.82) is 5.26 Å². The molecule has 0 heterocycles. The van der Waals surface area contributed by atoms with Crippen LogP contribution in [0.15, 0.2) is 40.9 Å². The highest BCUT2D eigenvalue weighted by Gasteiger charge is 2.10. The Morgan fingerprint density at radius 2 is 2.09 bits per heavy atom. The van der Waals surface area contributed by atoms with Crippen molar-refractivity contribution in [1.82, 2.24) is 5.32 Å². The molecule has 4 nitrogen and oxygen atoms in total. The molecule has 2 aromatic rings. The minimum atomic E-state index is -0.580. The fourth-order valence-corrected chi connectivity index (χ4v) is 2.69. The first-order chi connectivity index (χ1) is 11.0. The van der Waals surface area contributed by atoms with Gasteiger partial charge < -0.3 is 10.6 Å². The van der Waals surface area contributed by atoms with Crippen molar-refractivity contribution in [3.63, 3.8) is 0 Å². The molecule has 1 amide bonds. The number of carbonyl (C=O) groups is 1. The Morgan fingerprint density at radius 3 is 2.78 bits per heavy atom. The molecule has 0 aromatic heterocycles. The molecule has 23 heavy (non-hydrogen) atoms. The second-order valence-corrected chi connectivity index (χ2v) is 5.90. The van der Waals surface area contributed by atoms with Crippen LogP contribution in [-0.4, -0.2) is 19.0 Å². The van der Waals surface area contributed by atoms with Gasteiger partial charge in [-0.05, 0) is 30.3 Å². The highest BCUT2D eigenvalue weighted by atomic mass is 79.9. The Balaban J connectivity index is 1.90. The van der Waals surface area contributed by atoms with Crippen molar-refractivity contribution in [3.05, 3.63) is 62.8 Å². The van der Waals surface area contributed by atoms with Crippen molar-refractivity contribution >= 4 is 39.1 Å².